The number of fused-ring (bicyclic) bond motifs is 3. The van der Waals surface area contributed by atoms with E-state index < -0.39 is 90.1 Å². The Balaban J connectivity index is 1.31. The second kappa shape index (κ2) is 17.9. The molecule has 6 rings (SSSR count). The Morgan fingerprint density at radius 3 is 2.33 bits per heavy atom. The van der Waals surface area contributed by atoms with Crippen LogP contribution in [0.4, 0.5) is 4.39 Å². The highest BCUT2D eigenvalue weighted by atomic mass is 19.1. The van der Waals surface area contributed by atoms with E-state index in [9.17, 15) is 38.0 Å². The van der Waals surface area contributed by atoms with Gasteiger partial charge in [0.1, 0.15) is 48.7 Å². The van der Waals surface area contributed by atoms with Gasteiger partial charge in [-0.25, -0.2) is 9.18 Å². The lowest BCUT2D eigenvalue weighted by Crippen LogP contribution is -2.62. The van der Waals surface area contributed by atoms with Gasteiger partial charge in [-0.1, -0.05) is 48.9 Å². The molecule has 4 fully saturated rings. The van der Waals surface area contributed by atoms with Gasteiger partial charge >= 0.3 is 5.97 Å². The number of ether oxygens (including phenoxy) is 1. The lowest BCUT2D eigenvalue weighted by atomic mass is 9.99. The Labute approximate surface area is 332 Å². The smallest absolute Gasteiger partial charge is 0.328 e. The number of hydrogen-bond acceptors (Lipinski definition) is 8. The van der Waals surface area contributed by atoms with Crippen molar-refractivity contribution < 1.29 is 42.7 Å². The number of nitrogens with zero attached hydrogens (tertiary/aromatic N) is 3. The van der Waals surface area contributed by atoms with Crippen molar-refractivity contribution >= 4 is 41.4 Å². The normalized spacial score (nSPS) is 26.5. The number of halogens is 1. The highest BCUT2D eigenvalue weighted by Gasteiger charge is 2.46. The van der Waals surface area contributed by atoms with Gasteiger partial charge in [-0.05, 0) is 88.0 Å². The van der Waals surface area contributed by atoms with Crippen LogP contribution in [0.1, 0.15) is 74.6 Å². The maximum absolute atomic E-state index is 14.7. The molecule has 2 aromatic rings. The number of piperidine rings is 1. The van der Waals surface area contributed by atoms with Crippen LogP contribution < -0.4 is 16.0 Å². The first-order chi connectivity index (χ1) is 27.2. The molecule has 0 bridgehead atoms. The zero-order chi connectivity index (χ0) is 41.0. The van der Waals surface area contributed by atoms with E-state index in [1.165, 1.54) is 26.8 Å². The second-order valence-corrected chi connectivity index (χ2v) is 16.1. The molecule has 0 spiro atoms. The molecule has 0 radical (unpaired) electrons. The van der Waals surface area contributed by atoms with E-state index in [4.69, 9.17) is 4.74 Å². The molecule has 4 aliphatic heterocycles. The third kappa shape index (κ3) is 9.62. The van der Waals surface area contributed by atoms with Crippen molar-refractivity contribution in [1.82, 2.24) is 30.7 Å². The Morgan fingerprint density at radius 2 is 1.58 bits per heavy atom. The van der Waals surface area contributed by atoms with E-state index in [1.54, 1.807) is 26.0 Å². The second-order valence-electron chi connectivity index (χ2n) is 16.1. The summed E-state index contributed by atoms with van der Waals surface area (Å²) in [4.78, 5) is 102. The molecule has 7 atom stereocenters. The monoisotopic (exact) mass is 788 g/mol. The van der Waals surface area contributed by atoms with Gasteiger partial charge in [0.05, 0.1) is 6.42 Å². The molecule has 14 nitrogen and oxygen atoms in total. The van der Waals surface area contributed by atoms with Gasteiger partial charge in [0, 0.05) is 26.1 Å². The third-order valence-corrected chi connectivity index (χ3v) is 11.4. The quantitative estimate of drug-likeness (QED) is 0.357. The lowest BCUT2D eigenvalue weighted by Gasteiger charge is -2.39. The Morgan fingerprint density at radius 1 is 0.860 bits per heavy atom. The topological polar surface area (TPSA) is 175 Å². The molecule has 0 aromatic heterocycles. The van der Waals surface area contributed by atoms with Crippen LogP contribution >= 0.6 is 0 Å². The van der Waals surface area contributed by atoms with E-state index in [0.29, 0.717) is 56.2 Å². The van der Waals surface area contributed by atoms with Gasteiger partial charge in [-0.2, -0.15) is 0 Å². The van der Waals surface area contributed by atoms with Gasteiger partial charge in [0.25, 0.3) is 0 Å². The van der Waals surface area contributed by atoms with Crippen LogP contribution in [-0.4, -0.2) is 119 Å². The summed E-state index contributed by atoms with van der Waals surface area (Å²) in [5.41, 5.74) is 2.47. The van der Waals surface area contributed by atoms with Gasteiger partial charge < -0.3 is 35.4 Å². The van der Waals surface area contributed by atoms with Crippen LogP contribution in [0.2, 0.25) is 0 Å². The number of cyclic esters (lactones) is 1. The van der Waals surface area contributed by atoms with Crippen molar-refractivity contribution in [2.24, 2.45) is 5.92 Å². The maximum atomic E-state index is 14.7. The molecule has 0 aliphatic carbocycles. The third-order valence-electron chi connectivity index (χ3n) is 11.4. The fraction of sp³-hybridized carbons (Fsp3) is 0.548. The number of amides is 6. The minimum atomic E-state index is -1.48. The van der Waals surface area contributed by atoms with E-state index >= 15 is 0 Å². The number of esters is 1. The van der Waals surface area contributed by atoms with Gasteiger partial charge in [0.15, 0.2) is 0 Å². The number of hydrogen-bond donors (Lipinski definition) is 3. The molecule has 15 heteroatoms. The molecule has 0 saturated carbocycles. The Kier molecular flexibility index (Phi) is 12.9. The molecule has 0 unspecified atom stereocenters. The molecule has 2 aromatic carbocycles. The Hall–Kier alpha value is -5.34. The molecule has 4 heterocycles. The van der Waals surface area contributed by atoms with Crippen molar-refractivity contribution in [2.45, 2.75) is 115 Å². The van der Waals surface area contributed by atoms with Crippen molar-refractivity contribution in [3.8, 4) is 0 Å². The largest absolute Gasteiger partial charge is 0.461 e. The first kappa shape index (κ1) is 41.3. The number of rotatable bonds is 7. The fourth-order valence-corrected chi connectivity index (χ4v) is 8.49. The molecule has 4 saturated heterocycles. The molecule has 4 aliphatic rings. The highest BCUT2D eigenvalue weighted by Crippen LogP contribution is 2.28. The Bertz CT molecular complexity index is 1910. The van der Waals surface area contributed by atoms with Crippen LogP contribution in [0.15, 0.2) is 42.5 Å². The molecular weight excluding hydrogens is 735 g/mol. The summed E-state index contributed by atoms with van der Waals surface area (Å²) in [6, 6.07) is 5.40. The number of nitrogens with one attached hydrogen (secondary N) is 3. The molecule has 6 amide bonds. The number of carbonyl (C=O) groups excluding carboxylic acids is 7. The zero-order valence-electron chi connectivity index (χ0n) is 33.1. The first-order valence-corrected chi connectivity index (χ1v) is 20.0. The number of benzene rings is 2. The molecular formula is C42H53FN6O8. The number of carbonyl (C=O) groups is 7. The zero-order valence-corrected chi connectivity index (χ0v) is 33.1. The van der Waals surface area contributed by atoms with E-state index in [0.717, 1.165) is 5.56 Å². The van der Waals surface area contributed by atoms with Crippen LogP contribution in [0, 0.1) is 25.6 Å². The lowest BCUT2D eigenvalue weighted by molar-refractivity contribution is -0.158. The average Bonchev–Trinajstić information content (AvgIpc) is 3.83. The summed E-state index contributed by atoms with van der Waals surface area (Å²) in [7, 11) is 0. The molecule has 57 heavy (non-hydrogen) atoms. The predicted octanol–water partition coefficient (Wildman–Crippen LogP) is 1.87. The van der Waals surface area contributed by atoms with E-state index in [-0.39, 0.29) is 37.4 Å². The highest BCUT2D eigenvalue weighted by molar-refractivity contribution is 5.98. The van der Waals surface area contributed by atoms with Crippen LogP contribution in [0.25, 0.3) is 0 Å². The molecule has 306 valence electrons. The van der Waals surface area contributed by atoms with Crippen molar-refractivity contribution in [3.05, 3.63) is 70.5 Å². The van der Waals surface area contributed by atoms with Crippen LogP contribution in [-0.2, 0) is 51.1 Å². The minimum absolute atomic E-state index is 0.0226. The number of aryl methyl sites for hydroxylation is 2. The van der Waals surface area contributed by atoms with Gasteiger partial charge in [-0.15, -0.1) is 0 Å². The summed E-state index contributed by atoms with van der Waals surface area (Å²) in [5, 5.41) is 8.23. The summed E-state index contributed by atoms with van der Waals surface area (Å²) in [5.74, 6) is -4.80. The van der Waals surface area contributed by atoms with Crippen molar-refractivity contribution in [1.29, 1.82) is 0 Å². The van der Waals surface area contributed by atoms with Gasteiger partial charge in [-0.3, -0.25) is 28.8 Å². The van der Waals surface area contributed by atoms with Crippen molar-refractivity contribution in [2.75, 3.05) is 26.2 Å². The standard InChI is InChI=1S/C42H53FN6O8/c1-24-9-7-10-28(17-24)20-31(45-36(50)21-29-14-13-25(2)18-30(29)43)37(51)46-32-23-57-42(56)35-19-26(3)22-49(35)39(53)27(4)44-38(52)33-11-5-6-15-47(33)41(55)34-12-8-16-48(34)40(32)54/h7,9-10,13-14,17-18,26-27,31-35H,5-6,8,11-12,15-16,19-23H2,1-4H3,(H,44,52)(H,45,50)(H,46,51)/t26-,27+,31+,32+,33+,34+,35+/m1/s1. The van der Waals surface area contributed by atoms with Crippen LogP contribution in [0.3, 0.4) is 0 Å². The van der Waals surface area contributed by atoms with E-state index in [1.807, 2.05) is 32.0 Å². The fourth-order valence-electron chi connectivity index (χ4n) is 8.49. The molecule has 3 N–H and O–H groups in total. The summed E-state index contributed by atoms with van der Waals surface area (Å²) >= 11 is 0. The SMILES string of the molecule is Cc1cccc(C[C@H](NC(=O)Cc2ccc(C)cc2F)C(=O)N[C@H]2COC(=O)[C@@H]3C[C@@H](C)CN3C(=O)[C@H](C)NC(=O)[C@@H]3CCCCN3C(=O)[C@@H]3CCCN3C2=O)c1. The summed E-state index contributed by atoms with van der Waals surface area (Å²) in [6.45, 7) is 7.18. The van der Waals surface area contributed by atoms with E-state index in [2.05, 4.69) is 16.0 Å². The first-order valence-electron chi connectivity index (χ1n) is 20.0. The van der Waals surface area contributed by atoms with Crippen molar-refractivity contribution in [3.63, 3.8) is 0 Å². The summed E-state index contributed by atoms with van der Waals surface area (Å²) in [6.07, 6.45) is 2.52. The average molecular weight is 789 g/mol. The predicted molar refractivity (Wildman–Crippen MR) is 206 cm³/mol. The minimum Gasteiger partial charge on any atom is -0.461 e. The van der Waals surface area contributed by atoms with Crippen LogP contribution in [0.5, 0.6) is 0 Å². The van der Waals surface area contributed by atoms with Gasteiger partial charge in [0.2, 0.25) is 35.4 Å². The maximum Gasteiger partial charge on any atom is 0.328 e. The summed E-state index contributed by atoms with van der Waals surface area (Å²) < 4.78 is 20.5.